The Morgan fingerprint density at radius 3 is 2.70 bits per heavy atom. The van der Waals surface area contributed by atoms with Crippen molar-refractivity contribution >= 4 is 35.1 Å². The Kier molecular flexibility index (Phi) is 3.35. The molecule has 3 atom stereocenters. The summed E-state index contributed by atoms with van der Waals surface area (Å²) in [6.45, 7) is 2.20. The fraction of sp³-hybridized carbons (Fsp3) is 0.474. The van der Waals surface area contributed by atoms with Crippen LogP contribution in [0, 0.1) is 24.2 Å². The molecule has 0 N–H and O–H groups in total. The Balaban J connectivity index is 1.50. The van der Waals surface area contributed by atoms with Gasteiger partial charge in [0.1, 0.15) is 12.1 Å². The van der Waals surface area contributed by atoms with Crippen LogP contribution in [-0.2, 0) is 9.59 Å². The van der Waals surface area contributed by atoms with E-state index >= 15 is 0 Å². The number of likely N-dealkylation sites (tertiary alicyclic amines) is 1. The Morgan fingerprint density at radius 1 is 1.30 bits per heavy atom. The van der Waals surface area contributed by atoms with Gasteiger partial charge in [0.15, 0.2) is 0 Å². The molecule has 1 aromatic rings. The molecule has 7 nitrogen and oxygen atoms in total. The summed E-state index contributed by atoms with van der Waals surface area (Å²) in [6.07, 6.45) is 2.51. The number of hydrogen-bond donors (Lipinski definition) is 0. The van der Waals surface area contributed by atoms with Gasteiger partial charge < -0.3 is 9.80 Å². The van der Waals surface area contributed by atoms with E-state index in [4.69, 9.17) is 16.9 Å². The quantitative estimate of drug-likeness (QED) is 0.730. The Labute approximate surface area is 161 Å². The second-order valence-electron chi connectivity index (χ2n) is 7.71. The number of fused-ring (bicyclic) bond motifs is 5. The maximum absolute atomic E-state index is 13.2. The lowest BCUT2D eigenvalue weighted by atomic mass is 10.1. The average Bonchev–Trinajstić information content (AvgIpc) is 3.25. The van der Waals surface area contributed by atoms with Crippen LogP contribution in [-0.4, -0.2) is 52.3 Å². The van der Waals surface area contributed by atoms with E-state index in [2.05, 4.69) is 0 Å². The first kappa shape index (κ1) is 16.6. The Morgan fingerprint density at radius 2 is 2.04 bits per heavy atom. The lowest BCUT2D eigenvalue weighted by Gasteiger charge is -2.35. The van der Waals surface area contributed by atoms with Gasteiger partial charge in [-0.2, -0.15) is 5.26 Å². The first-order chi connectivity index (χ1) is 12.9. The van der Waals surface area contributed by atoms with E-state index in [1.54, 1.807) is 17.9 Å². The fourth-order valence-electron chi connectivity index (χ4n) is 4.70. The number of nitriles is 1. The predicted molar refractivity (Wildman–Crippen MR) is 96.0 cm³/mol. The number of carbonyl (C=O) groups is 3. The van der Waals surface area contributed by atoms with Crippen molar-refractivity contribution in [2.75, 3.05) is 11.4 Å². The summed E-state index contributed by atoms with van der Waals surface area (Å²) in [5, 5.41) is 9.36. The van der Waals surface area contributed by atoms with Crippen molar-refractivity contribution in [1.29, 1.82) is 5.26 Å². The van der Waals surface area contributed by atoms with Gasteiger partial charge in [0.05, 0.1) is 28.4 Å². The molecule has 138 valence electrons. The zero-order valence-electron chi connectivity index (χ0n) is 14.7. The molecular weight excluding hydrogens is 368 g/mol. The van der Waals surface area contributed by atoms with Crippen molar-refractivity contribution in [2.24, 2.45) is 5.92 Å². The monoisotopic (exact) mass is 384 g/mol. The molecule has 1 aromatic carbocycles. The van der Waals surface area contributed by atoms with Crippen molar-refractivity contribution in [2.45, 2.75) is 44.3 Å². The number of amides is 4. The summed E-state index contributed by atoms with van der Waals surface area (Å²) in [5.74, 6) is -0.0937. The molecule has 0 radical (unpaired) electrons. The molecule has 1 unspecified atom stereocenters. The number of benzene rings is 1. The van der Waals surface area contributed by atoms with Crippen molar-refractivity contribution in [3.05, 3.63) is 28.3 Å². The zero-order valence-corrected chi connectivity index (χ0v) is 15.4. The molecule has 0 aromatic heterocycles. The molecule has 2 bridgehead atoms. The summed E-state index contributed by atoms with van der Waals surface area (Å²) < 4.78 is 0. The molecule has 4 fully saturated rings. The predicted octanol–water partition coefficient (Wildman–Crippen LogP) is 2.05. The zero-order chi connectivity index (χ0) is 19.0. The van der Waals surface area contributed by atoms with E-state index < -0.39 is 6.04 Å². The molecule has 1 aliphatic carbocycles. The van der Waals surface area contributed by atoms with Gasteiger partial charge in [-0.25, -0.2) is 9.69 Å². The van der Waals surface area contributed by atoms with Crippen LogP contribution in [0.25, 0.3) is 0 Å². The molecule has 3 heterocycles. The van der Waals surface area contributed by atoms with Crippen LogP contribution in [0.3, 0.4) is 0 Å². The normalized spacial score (nSPS) is 28.8. The Hall–Kier alpha value is -2.59. The third-order valence-electron chi connectivity index (χ3n) is 6.19. The molecule has 8 heteroatoms. The topological polar surface area (TPSA) is 84.7 Å². The highest BCUT2D eigenvalue weighted by molar-refractivity contribution is 6.33. The SMILES string of the molecule is Cc1c(N2C(=O)[C@H]3C4C[C@H](CN4C(=O)C4CC4)N3C2=O)ccc(C#N)c1Cl. The van der Waals surface area contributed by atoms with Crippen LogP contribution in [0.4, 0.5) is 10.5 Å². The third-order valence-corrected chi connectivity index (χ3v) is 6.68. The molecule has 1 saturated carbocycles. The third kappa shape index (κ3) is 2.10. The summed E-state index contributed by atoms with van der Waals surface area (Å²) in [6, 6.07) is 3.78. The van der Waals surface area contributed by atoms with Crippen LogP contribution in [0.2, 0.25) is 5.02 Å². The maximum atomic E-state index is 13.2. The van der Waals surface area contributed by atoms with Gasteiger partial charge >= 0.3 is 6.03 Å². The molecule has 4 aliphatic rings. The summed E-state index contributed by atoms with van der Waals surface area (Å²) in [4.78, 5) is 43.4. The molecule has 0 spiro atoms. The fourth-order valence-corrected chi connectivity index (χ4v) is 4.90. The second-order valence-corrected chi connectivity index (χ2v) is 8.09. The number of halogens is 1. The molecular formula is C19H17ClN4O3. The standard InChI is InChI=1S/C19H17ClN4O3/c1-9-13(5-4-11(7-21)15(9)20)24-18(26)16-14-6-12(23(16)19(24)27)8-22(14)17(25)10-2-3-10/h4-5,10,12,14,16H,2-3,6,8H2,1H3/t12-,14?,16-/m1/s1. The number of carbonyl (C=O) groups excluding carboxylic acids is 3. The van der Waals surface area contributed by atoms with Gasteiger partial charge in [-0.15, -0.1) is 0 Å². The van der Waals surface area contributed by atoms with Crippen LogP contribution in [0.5, 0.6) is 0 Å². The van der Waals surface area contributed by atoms with E-state index in [0.717, 1.165) is 17.7 Å². The number of nitrogens with zero attached hydrogens (tertiary/aromatic N) is 4. The van der Waals surface area contributed by atoms with Crippen LogP contribution in [0.15, 0.2) is 12.1 Å². The number of anilines is 1. The van der Waals surface area contributed by atoms with E-state index in [-0.39, 0.29) is 40.9 Å². The lowest BCUT2D eigenvalue weighted by molar-refractivity contribution is -0.136. The van der Waals surface area contributed by atoms with Crippen molar-refractivity contribution in [1.82, 2.24) is 9.80 Å². The van der Waals surface area contributed by atoms with Gasteiger partial charge in [0.25, 0.3) is 5.91 Å². The van der Waals surface area contributed by atoms with Gasteiger partial charge in [-0.05, 0) is 43.9 Å². The van der Waals surface area contributed by atoms with Crippen molar-refractivity contribution < 1.29 is 14.4 Å². The maximum Gasteiger partial charge on any atom is 0.332 e. The number of urea groups is 1. The minimum absolute atomic E-state index is 0.0979. The van der Waals surface area contributed by atoms with Crippen LogP contribution < -0.4 is 4.90 Å². The van der Waals surface area contributed by atoms with E-state index in [0.29, 0.717) is 29.8 Å². The van der Waals surface area contributed by atoms with Gasteiger partial charge in [0, 0.05) is 12.5 Å². The number of rotatable bonds is 2. The molecule has 27 heavy (non-hydrogen) atoms. The molecule has 5 rings (SSSR count). The average molecular weight is 385 g/mol. The number of hydrogen-bond acceptors (Lipinski definition) is 4. The lowest BCUT2D eigenvalue weighted by Crippen LogP contribution is -2.55. The summed E-state index contributed by atoms with van der Waals surface area (Å²) >= 11 is 6.23. The number of piperazine rings is 1. The number of imide groups is 1. The van der Waals surface area contributed by atoms with Crippen LogP contribution >= 0.6 is 11.6 Å². The van der Waals surface area contributed by atoms with Gasteiger partial charge in [-0.1, -0.05) is 11.6 Å². The first-order valence-corrected chi connectivity index (χ1v) is 9.47. The first-order valence-electron chi connectivity index (χ1n) is 9.10. The van der Waals surface area contributed by atoms with E-state index in [1.165, 1.54) is 6.07 Å². The highest BCUT2D eigenvalue weighted by Gasteiger charge is 2.63. The second kappa shape index (κ2) is 5.46. The smallest absolute Gasteiger partial charge is 0.332 e. The molecule has 3 aliphatic heterocycles. The highest BCUT2D eigenvalue weighted by Crippen LogP contribution is 2.45. The minimum atomic E-state index is -0.618. The van der Waals surface area contributed by atoms with Gasteiger partial charge in [0.2, 0.25) is 5.91 Å². The largest absolute Gasteiger partial charge is 0.335 e. The Bertz CT molecular complexity index is 951. The summed E-state index contributed by atoms with van der Waals surface area (Å²) in [7, 11) is 0. The van der Waals surface area contributed by atoms with Crippen molar-refractivity contribution in [3.63, 3.8) is 0 Å². The summed E-state index contributed by atoms with van der Waals surface area (Å²) in [5.41, 5.74) is 1.23. The van der Waals surface area contributed by atoms with E-state index in [9.17, 15) is 14.4 Å². The molecule has 4 amide bonds. The van der Waals surface area contributed by atoms with E-state index in [1.807, 2.05) is 11.0 Å². The minimum Gasteiger partial charge on any atom is -0.335 e. The van der Waals surface area contributed by atoms with Gasteiger partial charge in [-0.3, -0.25) is 9.59 Å². The van der Waals surface area contributed by atoms with Crippen LogP contribution in [0.1, 0.15) is 30.4 Å². The highest BCUT2D eigenvalue weighted by atomic mass is 35.5. The van der Waals surface area contributed by atoms with Crippen molar-refractivity contribution in [3.8, 4) is 6.07 Å². The molecule has 3 saturated heterocycles.